The fourth-order valence-electron chi connectivity index (χ4n) is 3.10. The van der Waals surface area contributed by atoms with Crippen molar-refractivity contribution in [3.8, 4) is 0 Å². The second-order valence-corrected chi connectivity index (χ2v) is 5.65. The molecule has 0 unspecified atom stereocenters. The number of carbonyl (C=O) groups is 1. The highest BCUT2D eigenvalue weighted by Gasteiger charge is 2.31. The molecular weight excluding hydrogens is 280 g/mol. The van der Waals surface area contributed by atoms with Crippen LogP contribution < -0.4 is 0 Å². The van der Waals surface area contributed by atoms with Gasteiger partial charge in [-0.05, 0) is 25.0 Å². The zero-order valence-electron chi connectivity index (χ0n) is 12.2. The first kappa shape index (κ1) is 13.0. The van der Waals surface area contributed by atoms with Crippen molar-refractivity contribution < 1.29 is 4.79 Å². The number of rotatable bonds is 2. The van der Waals surface area contributed by atoms with Gasteiger partial charge >= 0.3 is 0 Å². The van der Waals surface area contributed by atoms with Crippen molar-refractivity contribution in [1.82, 2.24) is 29.7 Å². The minimum absolute atomic E-state index is 0.00614. The number of amides is 1. The summed E-state index contributed by atoms with van der Waals surface area (Å²) in [6, 6.07) is 1.79. The molecule has 0 aromatic carbocycles. The molecule has 0 spiro atoms. The van der Waals surface area contributed by atoms with Gasteiger partial charge in [0.2, 0.25) is 0 Å². The van der Waals surface area contributed by atoms with Crippen LogP contribution in [0.5, 0.6) is 0 Å². The molecule has 3 aromatic heterocycles. The lowest BCUT2D eigenvalue weighted by Crippen LogP contribution is -2.28. The summed E-state index contributed by atoms with van der Waals surface area (Å²) in [5.41, 5.74) is 3.45. The molecule has 7 heteroatoms. The summed E-state index contributed by atoms with van der Waals surface area (Å²) in [5.74, 6) is 0.314. The summed E-state index contributed by atoms with van der Waals surface area (Å²) in [6.07, 6.45) is 7.84. The van der Waals surface area contributed by atoms with E-state index < -0.39 is 0 Å². The molecular formula is C15H16N6O. The quantitative estimate of drug-likeness (QED) is 0.775. The van der Waals surface area contributed by atoms with Crippen LogP contribution in [0.25, 0.3) is 5.65 Å². The van der Waals surface area contributed by atoms with Crippen molar-refractivity contribution in [3.05, 3.63) is 47.7 Å². The first-order chi connectivity index (χ1) is 10.7. The number of aryl methyl sites for hydroxylation is 1. The number of fused-ring (bicyclic) bond motifs is 1. The fourth-order valence-corrected chi connectivity index (χ4v) is 3.10. The predicted octanol–water partition coefficient (Wildman–Crippen LogP) is 1.39. The first-order valence-electron chi connectivity index (χ1n) is 7.31. The topological polar surface area (TPSA) is 79.2 Å². The molecule has 3 aromatic rings. The number of H-pyrrole nitrogens is 1. The Morgan fingerprint density at radius 1 is 1.41 bits per heavy atom. The predicted molar refractivity (Wildman–Crippen MR) is 79.6 cm³/mol. The van der Waals surface area contributed by atoms with Gasteiger partial charge in [0.1, 0.15) is 5.56 Å². The molecule has 0 aliphatic carbocycles. The van der Waals surface area contributed by atoms with Crippen LogP contribution in [-0.2, 0) is 0 Å². The summed E-state index contributed by atoms with van der Waals surface area (Å²) in [4.78, 5) is 18.9. The summed E-state index contributed by atoms with van der Waals surface area (Å²) < 4.78 is 1.62. The molecule has 112 valence electrons. The minimum Gasteiger partial charge on any atom is -0.338 e. The van der Waals surface area contributed by atoms with Crippen LogP contribution in [0.3, 0.4) is 0 Å². The summed E-state index contributed by atoms with van der Waals surface area (Å²) >= 11 is 0. The highest BCUT2D eigenvalue weighted by Crippen LogP contribution is 2.28. The molecule has 4 heterocycles. The van der Waals surface area contributed by atoms with Gasteiger partial charge in [0.05, 0.1) is 12.4 Å². The fraction of sp³-hybridized carbons (Fsp3) is 0.333. The van der Waals surface area contributed by atoms with Gasteiger partial charge in [0, 0.05) is 37.1 Å². The highest BCUT2D eigenvalue weighted by molar-refractivity contribution is 5.99. The molecule has 0 radical (unpaired) electrons. The van der Waals surface area contributed by atoms with Crippen LogP contribution in [0, 0.1) is 6.92 Å². The van der Waals surface area contributed by atoms with Gasteiger partial charge in [-0.1, -0.05) is 0 Å². The SMILES string of the molecule is Cc1cn[nH]c1[C@H]1CCN(C(=O)c2cnn3cccnc23)C1. The average molecular weight is 296 g/mol. The normalized spacial score (nSPS) is 18.2. The van der Waals surface area contributed by atoms with Crippen LogP contribution in [0.1, 0.15) is 34.0 Å². The number of nitrogens with zero attached hydrogens (tertiary/aromatic N) is 5. The van der Waals surface area contributed by atoms with Gasteiger partial charge in [-0.15, -0.1) is 0 Å². The Balaban J connectivity index is 1.58. The Morgan fingerprint density at radius 2 is 2.32 bits per heavy atom. The monoisotopic (exact) mass is 296 g/mol. The second kappa shape index (κ2) is 4.94. The lowest BCUT2D eigenvalue weighted by molar-refractivity contribution is 0.0792. The van der Waals surface area contributed by atoms with E-state index in [0.717, 1.165) is 24.2 Å². The lowest BCUT2D eigenvalue weighted by atomic mass is 10.0. The van der Waals surface area contributed by atoms with Crippen LogP contribution in [0.2, 0.25) is 0 Å². The number of carbonyl (C=O) groups excluding carboxylic acids is 1. The maximum absolute atomic E-state index is 12.7. The number of aromatic amines is 1. The van der Waals surface area contributed by atoms with E-state index in [1.165, 1.54) is 0 Å². The van der Waals surface area contributed by atoms with E-state index in [4.69, 9.17) is 0 Å². The Hall–Kier alpha value is -2.70. The van der Waals surface area contributed by atoms with E-state index in [1.54, 1.807) is 29.2 Å². The maximum Gasteiger partial charge on any atom is 0.259 e. The Kier molecular flexibility index (Phi) is 2.92. The largest absolute Gasteiger partial charge is 0.338 e. The first-order valence-corrected chi connectivity index (χ1v) is 7.31. The van der Waals surface area contributed by atoms with Gasteiger partial charge in [0.15, 0.2) is 5.65 Å². The van der Waals surface area contributed by atoms with Crippen LogP contribution in [0.4, 0.5) is 0 Å². The van der Waals surface area contributed by atoms with E-state index >= 15 is 0 Å². The number of aromatic nitrogens is 5. The van der Waals surface area contributed by atoms with Gasteiger partial charge in [0.25, 0.3) is 5.91 Å². The van der Waals surface area contributed by atoms with Crippen molar-refractivity contribution in [2.24, 2.45) is 0 Å². The second-order valence-electron chi connectivity index (χ2n) is 5.65. The molecule has 1 fully saturated rings. The number of hydrogen-bond donors (Lipinski definition) is 1. The summed E-state index contributed by atoms with van der Waals surface area (Å²) in [7, 11) is 0. The van der Waals surface area contributed by atoms with E-state index in [0.29, 0.717) is 23.7 Å². The molecule has 1 saturated heterocycles. The van der Waals surface area contributed by atoms with Crippen molar-refractivity contribution in [1.29, 1.82) is 0 Å². The van der Waals surface area contributed by atoms with E-state index in [9.17, 15) is 4.79 Å². The Bertz CT molecular complexity index is 835. The van der Waals surface area contributed by atoms with Crippen molar-refractivity contribution >= 4 is 11.6 Å². The van der Waals surface area contributed by atoms with Gasteiger partial charge < -0.3 is 4.90 Å². The van der Waals surface area contributed by atoms with E-state index in [2.05, 4.69) is 20.3 Å². The summed E-state index contributed by atoms with van der Waals surface area (Å²) in [5, 5.41) is 11.3. The number of hydrogen-bond acceptors (Lipinski definition) is 4. The molecule has 0 saturated carbocycles. The standard InChI is InChI=1S/C15H16N6O/c1-10-7-17-19-13(10)11-3-6-20(9-11)15(22)12-8-18-21-5-2-4-16-14(12)21/h2,4-5,7-8,11H,3,6,9H2,1H3,(H,17,19)/t11-/m0/s1. The smallest absolute Gasteiger partial charge is 0.259 e. The van der Waals surface area contributed by atoms with Gasteiger partial charge in [-0.2, -0.15) is 10.2 Å². The molecule has 4 rings (SSSR count). The van der Waals surface area contributed by atoms with Gasteiger partial charge in [-0.3, -0.25) is 9.89 Å². The molecule has 7 nitrogen and oxygen atoms in total. The molecule has 1 N–H and O–H groups in total. The summed E-state index contributed by atoms with van der Waals surface area (Å²) in [6.45, 7) is 3.48. The minimum atomic E-state index is -0.00614. The average Bonchev–Trinajstić information content (AvgIpc) is 3.25. The highest BCUT2D eigenvalue weighted by atomic mass is 16.2. The third-order valence-corrected chi connectivity index (χ3v) is 4.26. The molecule has 0 bridgehead atoms. The molecule has 1 atom stereocenters. The zero-order chi connectivity index (χ0) is 15.1. The third kappa shape index (κ3) is 1.97. The maximum atomic E-state index is 12.7. The number of likely N-dealkylation sites (tertiary alicyclic amines) is 1. The molecule has 1 amide bonds. The lowest BCUT2D eigenvalue weighted by Gasteiger charge is -2.15. The molecule has 1 aliphatic rings. The van der Waals surface area contributed by atoms with Gasteiger partial charge in [-0.25, -0.2) is 9.50 Å². The Morgan fingerprint density at radius 3 is 3.14 bits per heavy atom. The number of nitrogens with one attached hydrogen (secondary N) is 1. The van der Waals surface area contributed by atoms with Crippen LogP contribution in [-0.4, -0.2) is 48.7 Å². The third-order valence-electron chi connectivity index (χ3n) is 4.26. The van der Waals surface area contributed by atoms with E-state index in [1.807, 2.05) is 18.0 Å². The van der Waals surface area contributed by atoms with Crippen molar-refractivity contribution in [2.45, 2.75) is 19.3 Å². The van der Waals surface area contributed by atoms with Crippen molar-refractivity contribution in [3.63, 3.8) is 0 Å². The van der Waals surface area contributed by atoms with E-state index in [-0.39, 0.29) is 5.91 Å². The van der Waals surface area contributed by atoms with Crippen LogP contribution in [0.15, 0.2) is 30.9 Å². The van der Waals surface area contributed by atoms with Crippen molar-refractivity contribution in [2.75, 3.05) is 13.1 Å². The zero-order valence-corrected chi connectivity index (χ0v) is 12.2. The molecule has 22 heavy (non-hydrogen) atoms. The Labute approximate surface area is 127 Å². The molecule has 1 aliphatic heterocycles. The van der Waals surface area contributed by atoms with Crippen LogP contribution >= 0.6 is 0 Å².